The number of amides is 1. The minimum Gasteiger partial charge on any atom is -0.342 e. The van der Waals surface area contributed by atoms with Crippen LogP contribution in [-0.4, -0.2) is 65.9 Å². The zero-order chi connectivity index (χ0) is 19.2. The van der Waals surface area contributed by atoms with E-state index in [0.29, 0.717) is 12.5 Å². The van der Waals surface area contributed by atoms with Crippen LogP contribution in [0.2, 0.25) is 0 Å². The van der Waals surface area contributed by atoms with Crippen LogP contribution in [0, 0.1) is 0 Å². The Morgan fingerprint density at radius 2 is 1.32 bits per heavy atom. The maximum Gasteiger partial charge on any atom is 0.226 e. The minimum atomic E-state index is 0.275. The minimum absolute atomic E-state index is 0.275. The van der Waals surface area contributed by atoms with Crippen molar-refractivity contribution < 1.29 is 4.79 Å². The van der Waals surface area contributed by atoms with Gasteiger partial charge in [0.15, 0.2) is 0 Å². The van der Waals surface area contributed by atoms with E-state index in [1.165, 1.54) is 5.56 Å². The molecule has 1 amide bonds. The molecule has 0 N–H and O–H groups in total. The van der Waals surface area contributed by atoms with E-state index < -0.39 is 0 Å². The molecule has 4 nitrogen and oxygen atoms in total. The Balaban J connectivity index is 1.20. The van der Waals surface area contributed by atoms with Gasteiger partial charge in [-0.1, -0.05) is 60.7 Å². The Labute approximate surface area is 168 Å². The van der Waals surface area contributed by atoms with Gasteiger partial charge in [0.1, 0.15) is 0 Å². The third-order valence-corrected chi connectivity index (χ3v) is 6.19. The molecular weight excluding hydrogens is 346 g/mol. The lowest BCUT2D eigenvalue weighted by atomic mass is 10.0. The number of hydrogen-bond donors (Lipinski definition) is 0. The predicted molar refractivity (Wildman–Crippen MR) is 113 cm³/mol. The molecular formula is C24H31N3O. The van der Waals surface area contributed by atoms with E-state index >= 15 is 0 Å². The fraction of sp³-hybridized carbons (Fsp3) is 0.458. The molecule has 0 aliphatic carbocycles. The van der Waals surface area contributed by atoms with Crippen LogP contribution in [0.4, 0.5) is 0 Å². The van der Waals surface area contributed by atoms with Crippen LogP contribution in [0.15, 0.2) is 60.7 Å². The summed E-state index contributed by atoms with van der Waals surface area (Å²) in [7, 11) is 0. The van der Waals surface area contributed by atoms with Gasteiger partial charge < -0.3 is 4.90 Å². The highest BCUT2D eigenvalue weighted by atomic mass is 16.2. The smallest absolute Gasteiger partial charge is 0.226 e. The summed E-state index contributed by atoms with van der Waals surface area (Å²) in [4.78, 5) is 19.9. The highest BCUT2D eigenvalue weighted by Gasteiger charge is 2.29. The molecule has 0 spiro atoms. The Kier molecular flexibility index (Phi) is 6.40. The lowest BCUT2D eigenvalue weighted by Gasteiger charge is -2.42. The summed E-state index contributed by atoms with van der Waals surface area (Å²) in [5, 5.41) is 0. The van der Waals surface area contributed by atoms with Crippen LogP contribution < -0.4 is 0 Å². The Morgan fingerprint density at radius 3 is 1.93 bits per heavy atom. The van der Waals surface area contributed by atoms with Gasteiger partial charge in [0.25, 0.3) is 0 Å². The molecule has 2 fully saturated rings. The summed E-state index contributed by atoms with van der Waals surface area (Å²) in [6.07, 6.45) is 2.75. The van der Waals surface area contributed by atoms with Crippen molar-refractivity contribution in [3.8, 4) is 0 Å². The van der Waals surface area contributed by atoms with E-state index in [4.69, 9.17) is 0 Å². The molecule has 2 saturated heterocycles. The third-order valence-electron chi connectivity index (χ3n) is 6.19. The first-order chi connectivity index (χ1) is 13.8. The van der Waals surface area contributed by atoms with Crippen molar-refractivity contribution in [1.29, 1.82) is 0 Å². The van der Waals surface area contributed by atoms with E-state index in [1.54, 1.807) is 0 Å². The zero-order valence-corrected chi connectivity index (χ0v) is 16.7. The van der Waals surface area contributed by atoms with Crippen molar-refractivity contribution in [1.82, 2.24) is 14.7 Å². The summed E-state index contributed by atoms with van der Waals surface area (Å²) in [6, 6.07) is 21.5. The molecule has 0 unspecified atom stereocenters. The number of hydrogen-bond acceptors (Lipinski definition) is 3. The average molecular weight is 378 g/mol. The Morgan fingerprint density at radius 1 is 0.750 bits per heavy atom. The maximum atomic E-state index is 12.6. The molecule has 2 heterocycles. The van der Waals surface area contributed by atoms with Gasteiger partial charge in [-0.05, 0) is 24.0 Å². The normalized spacial score (nSPS) is 19.6. The number of carbonyl (C=O) groups excluding carboxylic acids is 1. The Hall–Kier alpha value is -2.17. The molecule has 2 aromatic carbocycles. The van der Waals surface area contributed by atoms with E-state index in [9.17, 15) is 4.79 Å². The van der Waals surface area contributed by atoms with Gasteiger partial charge in [-0.25, -0.2) is 0 Å². The monoisotopic (exact) mass is 377 g/mol. The largest absolute Gasteiger partial charge is 0.342 e. The van der Waals surface area contributed by atoms with Crippen LogP contribution >= 0.6 is 0 Å². The second kappa shape index (κ2) is 9.35. The van der Waals surface area contributed by atoms with Crippen molar-refractivity contribution in [3.63, 3.8) is 0 Å². The molecule has 0 atom stereocenters. The summed E-state index contributed by atoms with van der Waals surface area (Å²) in [6.45, 7) is 7.44. The molecule has 4 rings (SSSR count). The van der Waals surface area contributed by atoms with Gasteiger partial charge in [0.05, 0.1) is 6.42 Å². The predicted octanol–water partition coefficient (Wildman–Crippen LogP) is 3.04. The lowest BCUT2D eigenvalue weighted by Crippen LogP contribution is -2.53. The van der Waals surface area contributed by atoms with Crippen LogP contribution in [0.25, 0.3) is 0 Å². The number of piperidine rings is 1. The number of carbonyl (C=O) groups is 1. The molecule has 0 saturated carbocycles. The molecule has 28 heavy (non-hydrogen) atoms. The standard InChI is InChI=1S/C24H31N3O/c28-24(19-21-7-3-1-4-8-21)27-13-11-23(12-14-27)26-17-15-25(16-18-26)20-22-9-5-2-6-10-22/h1-10,23H,11-20H2. The average Bonchev–Trinajstić information content (AvgIpc) is 2.76. The molecule has 4 heteroatoms. The highest BCUT2D eigenvalue weighted by molar-refractivity contribution is 5.78. The molecule has 148 valence electrons. The highest BCUT2D eigenvalue weighted by Crippen LogP contribution is 2.20. The van der Waals surface area contributed by atoms with E-state index in [-0.39, 0.29) is 5.91 Å². The molecule has 0 aromatic heterocycles. The van der Waals surface area contributed by atoms with Crippen molar-refractivity contribution >= 4 is 5.91 Å². The first kappa shape index (κ1) is 19.2. The number of nitrogens with zero attached hydrogens (tertiary/aromatic N) is 3. The van der Waals surface area contributed by atoms with Crippen LogP contribution in [0.5, 0.6) is 0 Å². The van der Waals surface area contributed by atoms with Gasteiger partial charge >= 0.3 is 0 Å². The lowest BCUT2D eigenvalue weighted by molar-refractivity contribution is -0.132. The Bertz CT molecular complexity index is 733. The van der Waals surface area contributed by atoms with Gasteiger partial charge in [-0.15, -0.1) is 0 Å². The quantitative estimate of drug-likeness (QED) is 0.801. The SMILES string of the molecule is O=C(Cc1ccccc1)N1CCC(N2CCN(Cc3ccccc3)CC2)CC1. The maximum absolute atomic E-state index is 12.6. The summed E-state index contributed by atoms with van der Waals surface area (Å²) in [5.74, 6) is 0.275. The molecule has 2 aliphatic heterocycles. The van der Waals surface area contributed by atoms with Crippen molar-refractivity contribution in [2.45, 2.75) is 31.8 Å². The van der Waals surface area contributed by atoms with Gasteiger partial charge in [0.2, 0.25) is 5.91 Å². The number of piperazine rings is 1. The third kappa shape index (κ3) is 5.00. The first-order valence-corrected chi connectivity index (χ1v) is 10.6. The second-order valence-electron chi connectivity index (χ2n) is 8.07. The van der Waals surface area contributed by atoms with Crippen LogP contribution in [0.3, 0.4) is 0 Å². The van der Waals surface area contributed by atoms with Crippen LogP contribution in [-0.2, 0) is 17.8 Å². The van der Waals surface area contributed by atoms with Crippen molar-refractivity contribution in [3.05, 3.63) is 71.8 Å². The summed E-state index contributed by atoms with van der Waals surface area (Å²) >= 11 is 0. The zero-order valence-electron chi connectivity index (χ0n) is 16.7. The topological polar surface area (TPSA) is 26.8 Å². The molecule has 0 radical (unpaired) electrons. The first-order valence-electron chi connectivity index (χ1n) is 10.6. The fourth-order valence-corrected chi connectivity index (χ4v) is 4.49. The van der Waals surface area contributed by atoms with Gasteiger partial charge in [-0.2, -0.15) is 0 Å². The fourth-order valence-electron chi connectivity index (χ4n) is 4.49. The van der Waals surface area contributed by atoms with Gasteiger partial charge in [0, 0.05) is 51.9 Å². The van der Waals surface area contributed by atoms with E-state index in [1.807, 2.05) is 30.3 Å². The van der Waals surface area contributed by atoms with Crippen molar-refractivity contribution in [2.24, 2.45) is 0 Å². The summed E-state index contributed by atoms with van der Waals surface area (Å²) in [5.41, 5.74) is 2.52. The summed E-state index contributed by atoms with van der Waals surface area (Å²) < 4.78 is 0. The van der Waals surface area contributed by atoms with E-state index in [2.05, 4.69) is 45.0 Å². The number of rotatable bonds is 5. The van der Waals surface area contributed by atoms with Gasteiger partial charge in [-0.3, -0.25) is 14.6 Å². The molecule has 2 aliphatic rings. The van der Waals surface area contributed by atoms with Crippen molar-refractivity contribution in [2.75, 3.05) is 39.3 Å². The van der Waals surface area contributed by atoms with E-state index in [0.717, 1.165) is 64.2 Å². The number of likely N-dealkylation sites (tertiary alicyclic amines) is 1. The molecule has 2 aromatic rings. The second-order valence-corrected chi connectivity index (χ2v) is 8.07. The van der Waals surface area contributed by atoms with Crippen LogP contribution in [0.1, 0.15) is 24.0 Å². The number of benzene rings is 2. The molecule has 0 bridgehead atoms.